The Labute approximate surface area is 104 Å². The minimum Gasteiger partial charge on any atom is -0.347 e. The Morgan fingerprint density at radius 3 is 2.41 bits per heavy atom. The SMILES string of the molecule is CCCC(NC)C(=O)C(=O)NC1CCCCC1. The lowest BCUT2D eigenvalue weighted by Gasteiger charge is -2.23. The summed E-state index contributed by atoms with van der Waals surface area (Å²) in [5.41, 5.74) is 0. The van der Waals surface area contributed by atoms with Gasteiger partial charge in [-0.05, 0) is 26.3 Å². The predicted molar refractivity (Wildman–Crippen MR) is 67.8 cm³/mol. The van der Waals surface area contributed by atoms with E-state index in [4.69, 9.17) is 0 Å². The Hall–Kier alpha value is -0.900. The molecule has 4 heteroatoms. The fourth-order valence-electron chi connectivity index (χ4n) is 2.36. The quantitative estimate of drug-likeness (QED) is 0.690. The Morgan fingerprint density at radius 1 is 1.24 bits per heavy atom. The van der Waals surface area contributed by atoms with E-state index in [0.717, 1.165) is 32.1 Å². The molecule has 0 radical (unpaired) electrons. The third-order valence-corrected chi connectivity index (χ3v) is 3.41. The van der Waals surface area contributed by atoms with E-state index in [1.807, 2.05) is 6.92 Å². The topological polar surface area (TPSA) is 58.2 Å². The average Bonchev–Trinajstić information content (AvgIpc) is 2.36. The fraction of sp³-hybridized carbons (Fsp3) is 0.846. The second-order valence-corrected chi connectivity index (χ2v) is 4.80. The number of hydrogen-bond acceptors (Lipinski definition) is 3. The summed E-state index contributed by atoms with van der Waals surface area (Å²) in [5.74, 6) is -0.732. The fourth-order valence-corrected chi connectivity index (χ4v) is 2.36. The van der Waals surface area contributed by atoms with Gasteiger partial charge in [-0.25, -0.2) is 0 Å². The Balaban J connectivity index is 2.41. The van der Waals surface area contributed by atoms with Gasteiger partial charge in [0.1, 0.15) is 0 Å². The third-order valence-electron chi connectivity index (χ3n) is 3.41. The van der Waals surface area contributed by atoms with E-state index in [0.29, 0.717) is 6.42 Å². The van der Waals surface area contributed by atoms with Crippen molar-refractivity contribution in [1.82, 2.24) is 10.6 Å². The summed E-state index contributed by atoms with van der Waals surface area (Å²) in [4.78, 5) is 23.6. The molecule has 0 spiro atoms. The Morgan fingerprint density at radius 2 is 1.88 bits per heavy atom. The van der Waals surface area contributed by atoms with Crippen LogP contribution in [0.2, 0.25) is 0 Å². The molecule has 1 rings (SSSR count). The molecular formula is C13H24N2O2. The van der Waals surface area contributed by atoms with Gasteiger partial charge in [0, 0.05) is 6.04 Å². The smallest absolute Gasteiger partial charge is 0.289 e. The average molecular weight is 240 g/mol. The number of nitrogens with one attached hydrogen (secondary N) is 2. The zero-order valence-electron chi connectivity index (χ0n) is 10.9. The van der Waals surface area contributed by atoms with Crippen LogP contribution in [0.3, 0.4) is 0 Å². The van der Waals surface area contributed by atoms with Gasteiger partial charge in [0.25, 0.3) is 5.91 Å². The van der Waals surface area contributed by atoms with Crippen molar-refractivity contribution in [3.05, 3.63) is 0 Å². The van der Waals surface area contributed by atoms with Gasteiger partial charge in [0.15, 0.2) is 0 Å². The van der Waals surface area contributed by atoms with Crippen LogP contribution in [0.15, 0.2) is 0 Å². The largest absolute Gasteiger partial charge is 0.347 e. The molecule has 98 valence electrons. The summed E-state index contributed by atoms with van der Waals surface area (Å²) < 4.78 is 0. The van der Waals surface area contributed by atoms with Crippen LogP contribution < -0.4 is 10.6 Å². The number of Topliss-reactive ketones (excluding diaryl/α,β-unsaturated/α-hetero) is 1. The van der Waals surface area contributed by atoms with Crippen LogP contribution in [0, 0.1) is 0 Å². The molecule has 1 atom stereocenters. The molecule has 17 heavy (non-hydrogen) atoms. The molecule has 1 aliphatic rings. The second kappa shape index (κ2) is 7.43. The molecule has 1 amide bonds. The lowest BCUT2D eigenvalue weighted by Crippen LogP contribution is -2.47. The van der Waals surface area contributed by atoms with Gasteiger partial charge in [-0.2, -0.15) is 0 Å². The zero-order chi connectivity index (χ0) is 12.7. The predicted octanol–water partition coefficient (Wildman–Crippen LogP) is 1.39. The molecule has 2 N–H and O–H groups in total. The Bertz CT molecular complexity index is 260. The number of likely N-dealkylation sites (N-methyl/N-ethyl adjacent to an activating group) is 1. The molecular weight excluding hydrogens is 216 g/mol. The molecule has 0 bridgehead atoms. The number of amides is 1. The molecule has 1 unspecified atom stereocenters. The van der Waals surface area contributed by atoms with Crippen LogP contribution >= 0.6 is 0 Å². The number of carbonyl (C=O) groups excluding carboxylic acids is 2. The summed E-state index contributed by atoms with van der Waals surface area (Å²) in [5, 5.41) is 5.77. The monoisotopic (exact) mass is 240 g/mol. The van der Waals surface area contributed by atoms with Crippen molar-refractivity contribution in [2.45, 2.75) is 64.0 Å². The van der Waals surface area contributed by atoms with E-state index in [1.54, 1.807) is 7.05 Å². The Kier molecular flexibility index (Phi) is 6.19. The second-order valence-electron chi connectivity index (χ2n) is 4.80. The van der Waals surface area contributed by atoms with Crippen LogP contribution in [-0.4, -0.2) is 30.8 Å². The maximum absolute atomic E-state index is 11.9. The molecule has 1 fully saturated rings. The van der Waals surface area contributed by atoms with Crippen molar-refractivity contribution in [3.63, 3.8) is 0 Å². The van der Waals surface area contributed by atoms with Crippen molar-refractivity contribution in [3.8, 4) is 0 Å². The molecule has 0 aromatic carbocycles. The van der Waals surface area contributed by atoms with E-state index in [2.05, 4.69) is 10.6 Å². The van der Waals surface area contributed by atoms with Gasteiger partial charge in [0.05, 0.1) is 6.04 Å². The van der Waals surface area contributed by atoms with Crippen molar-refractivity contribution in [2.24, 2.45) is 0 Å². The molecule has 0 aromatic rings. The minimum atomic E-state index is -0.412. The lowest BCUT2D eigenvalue weighted by molar-refractivity contribution is -0.139. The van der Waals surface area contributed by atoms with Gasteiger partial charge in [0.2, 0.25) is 5.78 Å². The van der Waals surface area contributed by atoms with E-state index in [9.17, 15) is 9.59 Å². The molecule has 0 heterocycles. The summed E-state index contributed by atoms with van der Waals surface area (Å²) >= 11 is 0. The summed E-state index contributed by atoms with van der Waals surface area (Å²) in [7, 11) is 1.73. The molecule has 0 aliphatic heterocycles. The van der Waals surface area contributed by atoms with Crippen molar-refractivity contribution >= 4 is 11.7 Å². The van der Waals surface area contributed by atoms with Crippen LogP contribution in [0.5, 0.6) is 0 Å². The van der Waals surface area contributed by atoms with Crippen molar-refractivity contribution < 1.29 is 9.59 Å². The molecule has 1 aliphatic carbocycles. The molecule has 0 saturated heterocycles. The van der Waals surface area contributed by atoms with E-state index < -0.39 is 5.91 Å². The molecule has 1 saturated carbocycles. The van der Waals surface area contributed by atoms with Crippen LogP contribution in [0.4, 0.5) is 0 Å². The highest BCUT2D eigenvalue weighted by atomic mass is 16.2. The van der Waals surface area contributed by atoms with Gasteiger partial charge in [-0.1, -0.05) is 32.6 Å². The van der Waals surface area contributed by atoms with E-state index in [-0.39, 0.29) is 17.9 Å². The first-order chi connectivity index (χ1) is 8.19. The highest BCUT2D eigenvalue weighted by Crippen LogP contribution is 2.17. The highest BCUT2D eigenvalue weighted by Gasteiger charge is 2.25. The number of hydrogen-bond donors (Lipinski definition) is 2. The first kappa shape index (κ1) is 14.2. The number of ketones is 1. The maximum atomic E-state index is 11.9. The molecule has 4 nitrogen and oxygen atoms in total. The van der Waals surface area contributed by atoms with Gasteiger partial charge < -0.3 is 10.6 Å². The first-order valence-corrected chi connectivity index (χ1v) is 6.71. The minimum absolute atomic E-state index is 0.208. The lowest BCUT2D eigenvalue weighted by atomic mass is 9.95. The van der Waals surface area contributed by atoms with Gasteiger partial charge in [-0.15, -0.1) is 0 Å². The normalized spacial score (nSPS) is 18.7. The van der Waals surface area contributed by atoms with E-state index >= 15 is 0 Å². The first-order valence-electron chi connectivity index (χ1n) is 6.71. The summed E-state index contributed by atoms with van der Waals surface area (Å²) in [6.45, 7) is 2.01. The zero-order valence-corrected chi connectivity index (χ0v) is 10.9. The third kappa shape index (κ3) is 4.46. The van der Waals surface area contributed by atoms with Crippen LogP contribution in [-0.2, 0) is 9.59 Å². The van der Waals surface area contributed by atoms with Crippen LogP contribution in [0.25, 0.3) is 0 Å². The standard InChI is InChI=1S/C13H24N2O2/c1-3-7-11(14-2)12(16)13(17)15-10-8-5-4-6-9-10/h10-11,14H,3-9H2,1-2H3,(H,15,17). The van der Waals surface area contributed by atoms with Crippen LogP contribution in [0.1, 0.15) is 51.9 Å². The number of carbonyl (C=O) groups is 2. The van der Waals surface area contributed by atoms with E-state index in [1.165, 1.54) is 6.42 Å². The highest BCUT2D eigenvalue weighted by molar-refractivity contribution is 6.38. The number of rotatable bonds is 6. The summed E-state index contributed by atoms with van der Waals surface area (Å²) in [6.07, 6.45) is 7.19. The van der Waals surface area contributed by atoms with Crippen molar-refractivity contribution in [1.29, 1.82) is 0 Å². The van der Waals surface area contributed by atoms with Crippen molar-refractivity contribution in [2.75, 3.05) is 7.05 Å². The van der Waals surface area contributed by atoms with Gasteiger partial charge in [-0.3, -0.25) is 9.59 Å². The maximum Gasteiger partial charge on any atom is 0.289 e. The van der Waals surface area contributed by atoms with Gasteiger partial charge >= 0.3 is 0 Å². The summed E-state index contributed by atoms with van der Waals surface area (Å²) in [6, 6.07) is -0.122. The molecule has 0 aromatic heterocycles.